The zero-order chi connectivity index (χ0) is 16.8. The second-order valence-electron chi connectivity index (χ2n) is 6.54. The van der Waals surface area contributed by atoms with Gasteiger partial charge in [0.25, 0.3) is 0 Å². The summed E-state index contributed by atoms with van der Waals surface area (Å²) in [4.78, 5) is 0. The Labute approximate surface area is 152 Å². The van der Waals surface area contributed by atoms with E-state index >= 15 is 0 Å². The zero-order valence-corrected chi connectivity index (χ0v) is 16.3. The number of rotatable bonds is 7. The second-order valence-corrected chi connectivity index (χ2v) is 7.86. The van der Waals surface area contributed by atoms with Crippen molar-refractivity contribution in [1.82, 2.24) is 0 Å². The van der Waals surface area contributed by atoms with Gasteiger partial charge in [0.15, 0.2) is 0 Å². The molecule has 0 aromatic heterocycles. The summed E-state index contributed by atoms with van der Waals surface area (Å²) in [5.41, 5.74) is 8.34. The molecule has 2 aromatic carbocycles. The van der Waals surface area contributed by atoms with E-state index in [1.54, 1.807) is 0 Å². The van der Waals surface area contributed by atoms with E-state index < -0.39 is 0 Å². The maximum Gasteiger partial charge on any atom is -0.000842 e. The number of thiol groups is 2. The molecule has 0 N–H and O–H groups in total. The van der Waals surface area contributed by atoms with E-state index in [0.29, 0.717) is 5.25 Å². The third kappa shape index (κ3) is 5.32. The summed E-state index contributed by atoms with van der Waals surface area (Å²) >= 11 is 8.93. The van der Waals surface area contributed by atoms with Gasteiger partial charge in [-0.05, 0) is 72.8 Å². The minimum atomic E-state index is 0.435. The first-order valence-electron chi connectivity index (χ1n) is 8.49. The van der Waals surface area contributed by atoms with Crippen LogP contribution in [-0.2, 0) is 12.8 Å². The molecule has 1 atom stereocenters. The maximum absolute atomic E-state index is 4.55. The lowest BCUT2D eigenvalue weighted by atomic mass is 9.89. The summed E-state index contributed by atoms with van der Waals surface area (Å²) < 4.78 is 0. The van der Waals surface area contributed by atoms with E-state index in [1.807, 2.05) is 0 Å². The van der Waals surface area contributed by atoms with Crippen molar-refractivity contribution in [3.63, 3.8) is 0 Å². The van der Waals surface area contributed by atoms with Gasteiger partial charge in [0.05, 0.1) is 0 Å². The summed E-state index contributed by atoms with van der Waals surface area (Å²) in [6.45, 7) is 6.52. The van der Waals surface area contributed by atoms with Crippen LogP contribution < -0.4 is 0 Å². The average molecular weight is 345 g/mol. The summed E-state index contributed by atoms with van der Waals surface area (Å²) in [5, 5.41) is 0.435. The van der Waals surface area contributed by atoms with Crippen molar-refractivity contribution in [2.45, 2.75) is 51.7 Å². The lowest BCUT2D eigenvalue weighted by Crippen LogP contribution is -2.00. The molecular formula is C21H28S2. The molecule has 0 amide bonds. The largest absolute Gasteiger partial charge is 0.179 e. The number of aryl methyl sites for hydroxylation is 4. The van der Waals surface area contributed by atoms with Gasteiger partial charge in [-0.15, -0.1) is 0 Å². The van der Waals surface area contributed by atoms with Gasteiger partial charge in [0.2, 0.25) is 0 Å². The van der Waals surface area contributed by atoms with Gasteiger partial charge in [0, 0.05) is 0 Å². The fraction of sp³-hybridized carbons (Fsp3) is 0.429. The Balaban J connectivity index is 2.44. The molecule has 0 saturated carbocycles. The Morgan fingerprint density at radius 2 is 1.39 bits per heavy atom. The van der Waals surface area contributed by atoms with E-state index in [2.05, 4.69) is 82.4 Å². The molecule has 2 heteroatoms. The average Bonchev–Trinajstić information content (AvgIpc) is 2.51. The Hall–Kier alpha value is -0.860. The third-order valence-corrected chi connectivity index (χ3v) is 4.82. The third-order valence-electron chi connectivity index (χ3n) is 4.25. The normalized spacial score (nSPS) is 12.4. The highest BCUT2D eigenvalue weighted by Crippen LogP contribution is 2.31. The lowest BCUT2D eigenvalue weighted by Gasteiger charge is -2.16. The van der Waals surface area contributed by atoms with Crippen LogP contribution in [0, 0.1) is 13.8 Å². The summed E-state index contributed by atoms with van der Waals surface area (Å²) in [6.07, 6.45) is 4.41. The molecule has 0 saturated heterocycles. The Morgan fingerprint density at radius 3 is 1.87 bits per heavy atom. The fourth-order valence-electron chi connectivity index (χ4n) is 3.02. The molecule has 0 bridgehead atoms. The van der Waals surface area contributed by atoms with Gasteiger partial charge in [-0.3, -0.25) is 0 Å². The van der Waals surface area contributed by atoms with Gasteiger partial charge < -0.3 is 0 Å². The summed E-state index contributed by atoms with van der Waals surface area (Å²) in [7, 11) is 0. The fourth-order valence-corrected chi connectivity index (χ4v) is 3.31. The Kier molecular flexibility index (Phi) is 7.10. The highest BCUT2D eigenvalue weighted by Gasteiger charge is 2.11. The minimum absolute atomic E-state index is 0.435. The van der Waals surface area contributed by atoms with E-state index in [0.717, 1.165) is 31.4 Å². The van der Waals surface area contributed by atoms with Crippen molar-refractivity contribution in [3.8, 4) is 11.1 Å². The van der Waals surface area contributed by atoms with E-state index in [9.17, 15) is 0 Å². The Bertz CT molecular complexity index is 644. The van der Waals surface area contributed by atoms with Crippen LogP contribution in [0.1, 0.15) is 42.0 Å². The number of hydrogen-bond acceptors (Lipinski definition) is 2. The smallest absolute Gasteiger partial charge is 0.000842 e. The molecule has 2 rings (SSSR count). The number of hydrogen-bond donors (Lipinski definition) is 2. The van der Waals surface area contributed by atoms with Crippen molar-refractivity contribution in [1.29, 1.82) is 0 Å². The SMILES string of the molecule is Cc1ccc(-c2ccc(C)cc2CCC(C)S)c(CCCS)c1. The first-order chi connectivity index (χ1) is 11.0. The predicted octanol–water partition coefficient (Wildman–Crippen LogP) is 6.08. The van der Waals surface area contributed by atoms with Crippen LogP contribution in [-0.4, -0.2) is 11.0 Å². The first-order valence-corrected chi connectivity index (χ1v) is 9.64. The van der Waals surface area contributed by atoms with Gasteiger partial charge in [0.1, 0.15) is 0 Å². The minimum Gasteiger partial charge on any atom is -0.179 e. The standard InChI is InChI=1S/C21H28S2/c1-15-6-10-20(18(13-15)5-4-12-22)21-11-7-16(2)14-19(21)9-8-17(3)23/h6-7,10-11,13-14,17,22-23H,4-5,8-9,12H2,1-3H3. The molecule has 2 aromatic rings. The quantitative estimate of drug-likeness (QED) is 0.558. The second kappa shape index (κ2) is 8.84. The molecule has 23 heavy (non-hydrogen) atoms. The van der Waals surface area contributed by atoms with Gasteiger partial charge >= 0.3 is 0 Å². The van der Waals surface area contributed by atoms with Gasteiger partial charge in [-0.25, -0.2) is 0 Å². The van der Waals surface area contributed by atoms with Crippen LogP contribution in [0.3, 0.4) is 0 Å². The van der Waals surface area contributed by atoms with Crippen molar-refractivity contribution in [2.24, 2.45) is 0 Å². The molecule has 0 aliphatic heterocycles. The highest BCUT2D eigenvalue weighted by atomic mass is 32.1. The maximum atomic E-state index is 4.55. The van der Waals surface area contributed by atoms with E-state index in [4.69, 9.17) is 0 Å². The molecule has 0 heterocycles. The van der Waals surface area contributed by atoms with Crippen molar-refractivity contribution in [2.75, 3.05) is 5.75 Å². The molecule has 0 aliphatic rings. The first kappa shape index (κ1) is 18.5. The van der Waals surface area contributed by atoms with Gasteiger partial charge in [-0.1, -0.05) is 54.4 Å². The van der Waals surface area contributed by atoms with Crippen LogP contribution in [0.4, 0.5) is 0 Å². The number of benzene rings is 2. The summed E-state index contributed by atoms with van der Waals surface area (Å²) in [6, 6.07) is 13.7. The van der Waals surface area contributed by atoms with Crippen LogP contribution in [0.2, 0.25) is 0 Å². The molecule has 0 fully saturated rings. The molecule has 0 spiro atoms. The summed E-state index contributed by atoms with van der Waals surface area (Å²) in [5.74, 6) is 0.936. The monoisotopic (exact) mass is 344 g/mol. The van der Waals surface area contributed by atoms with Crippen LogP contribution >= 0.6 is 25.3 Å². The molecule has 1 unspecified atom stereocenters. The van der Waals surface area contributed by atoms with Crippen molar-refractivity contribution < 1.29 is 0 Å². The zero-order valence-electron chi connectivity index (χ0n) is 14.5. The molecular weight excluding hydrogens is 316 g/mol. The van der Waals surface area contributed by atoms with Crippen molar-refractivity contribution in [3.05, 3.63) is 58.7 Å². The molecule has 0 aliphatic carbocycles. The highest BCUT2D eigenvalue weighted by molar-refractivity contribution is 7.80. The van der Waals surface area contributed by atoms with Crippen LogP contribution in [0.25, 0.3) is 11.1 Å². The lowest BCUT2D eigenvalue weighted by molar-refractivity contribution is 0.816. The molecule has 124 valence electrons. The van der Waals surface area contributed by atoms with Crippen LogP contribution in [0.15, 0.2) is 36.4 Å². The van der Waals surface area contributed by atoms with E-state index in [1.165, 1.54) is 33.4 Å². The van der Waals surface area contributed by atoms with Crippen LogP contribution in [0.5, 0.6) is 0 Å². The topological polar surface area (TPSA) is 0 Å². The Morgan fingerprint density at radius 1 is 0.870 bits per heavy atom. The van der Waals surface area contributed by atoms with E-state index in [-0.39, 0.29) is 0 Å². The van der Waals surface area contributed by atoms with Gasteiger partial charge in [-0.2, -0.15) is 25.3 Å². The predicted molar refractivity (Wildman–Crippen MR) is 110 cm³/mol. The molecule has 0 radical (unpaired) electrons. The van der Waals surface area contributed by atoms with Crippen molar-refractivity contribution >= 4 is 25.3 Å². The molecule has 0 nitrogen and oxygen atoms in total.